The van der Waals surface area contributed by atoms with Crippen LogP contribution in [0, 0.1) is 0 Å². The second kappa shape index (κ2) is 7.46. The van der Waals surface area contributed by atoms with Crippen molar-refractivity contribution in [1.82, 2.24) is 15.1 Å². The molecule has 18 heavy (non-hydrogen) atoms. The maximum atomic E-state index is 3.54. The topological polar surface area (TPSA) is 18.5 Å². The van der Waals surface area contributed by atoms with Crippen LogP contribution in [0.4, 0.5) is 0 Å². The lowest BCUT2D eigenvalue weighted by Gasteiger charge is -2.40. The highest BCUT2D eigenvalue weighted by molar-refractivity contribution is 4.83. The van der Waals surface area contributed by atoms with E-state index in [9.17, 15) is 0 Å². The number of rotatable bonds is 6. The van der Waals surface area contributed by atoms with Gasteiger partial charge in [0.05, 0.1) is 0 Å². The molecule has 0 aromatic carbocycles. The molecule has 3 heteroatoms. The van der Waals surface area contributed by atoms with E-state index in [0.717, 1.165) is 19.1 Å². The fourth-order valence-electron chi connectivity index (χ4n) is 3.43. The predicted octanol–water partition coefficient (Wildman–Crippen LogP) is 1.93. The van der Waals surface area contributed by atoms with Crippen molar-refractivity contribution in [3.8, 4) is 0 Å². The molecule has 0 radical (unpaired) electrons. The van der Waals surface area contributed by atoms with Crippen LogP contribution in [0.1, 0.15) is 46.0 Å². The van der Waals surface area contributed by atoms with E-state index >= 15 is 0 Å². The van der Waals surface area contributed by atoms with Crippen molar-refractivity contribution < 1.29 is 0 Å². The first kappa shape index (κ1) is 14.3. The minimum Gasteiger partial charge on any atom is -0.315 e. The number of piperazine rings is 1. The first-order valence-electron chi connectivity index (χ1n) is 8.00. The molecule has 3 nitrogen and oxygen atoms in total. The molecular weight excluding hydrogens is 222 g/mol. The molecule has 1 aliphatic carbocycles. The van der Waals surface area contributed by atoms with E-state index in [-0.39, 0.29) is 0 Å². The molecule has 106 valence electrons. The SMILES string of the molecule is CCCNCC(C)N1CCN(C2CCCC2)CC1. The van der Waals surface area contributed by atoms with Gasteiger partial charge in [0.2, 0.25) is 0 Å². The van der Waals surface area contributed by atoms with Crippen LogP contribution in [0.2, 0.25) is 0 Å². The fraction of sp³-hybridized carbons (Fsp3) is 1.00. The highest BCUT2D eigenvalue weighted by Crippen LogP contribution is 2.24. The van der Waals surface area contributed by atoms with Crippen LogP contribution in [-0.2, 0) is 0 Å². The van der Waals surface area contributed by atoms with E-state index in [1.807, 2.05) is 0 Å². The van der Waals surface area contributed by atoms with E-state index in [2.05, 4.69) is 29.0 Å². The Morgan fingerprint density at radius 3 is 2.39 bits per heavy atom. The van der Waals surface area contributed by atoms with Crippen molar-refractivity contribution in [2.24, 2.45) is 0 Å². The predicted molar refractivity (Wildman–Crippen MR) is 78.0 cm³/mol. The summed E-state index contributed by atoms with van der Waals surface area (Å²) in [6.45, 7) is 12.0. The van der Waals surface area contributed by atoms with Crippen molar-refractivity contribution in [1.29, 1.82) is 0 Å². The molecule has 2 fully saturated rings. The maximum Gasteiger partial charge on any atom is 0.0193 e. The Kier molecular flexibility index (Phi) is 5.93. The summed E-state index contributed by atoms with van der Waals surface area (Å²) in [4.78, 5) is 5.41. The molecule has 1 heterocycles. The lowest BCUT2D eigenvalue weighted by Crippen LogP contribution is -2.53. The van der Waals surface area contributed by atoms with Gasteiger partial charge in [0.1, 0.15) is 0 Å². The second-order valence-electron chi connectivity index (χ2n) is 6.06. The van der Waals surface area contributed by atoms with Gasteiger partial charge >= 0.3 is 0 Å². The van der Waals surface area contributed by atoms with E-state index in [4.69, 9.17) is 0 Å². The average Bonchev–Trinajstić information content (AvgIpc) is 2.93. The fourth-order valence-corrected chi connectivity index (χ4v) is 3.43. The lowest BCUT2D eigenvalue weighted by atomic mass is 10.1. The Bertz CT molecular complexity index is 218. The zero-order valence-corrected chi connectivity index (χ0v) is 12.3. The first-order valence-corrected chi connectivity index (χ1v) is 8.00. The largest absolute Gasteiger partial charge is 0.315 e. The van der Waals surface area contributed by atoms with Gasteiger partial charge in [-0.15, -0.1) is 0 Å². The molecule has 1 unspecified atom stereocenters. The molecule has 0 aromatic rings. The van der Waals surface area contributed by atoms with Crippen molar-refractivity contribution >= 4 is 0 Å². The molecule has 1 N–H and O–H groups in total. The molecule has 1 saturated carbocycles. The third kappa shape index (κ3) is 3.94. The molecule has 2 rings (SSSR count). The molecule has 0 spiro atoms. The monoisotopic (exact) mass is 253 g/mol. The molecule has 2 aliphatic rings. The van der Waals surface area contributed by atoms with Gasteiger partial charge in [-0.1, -0.05) is 19.8 Å². The van der Waals surface area contributed by atoms with Crippen molar-refractivity contribution in [2.45, 2.75) is 58.0 Å². The summed E-state index contributed by atoms with van der Waals surface area (Å²) in [6, 6.07) is 1.61. The molecule has 0 amide bonds. The summed E-state index contributed by atoms with van der Waals surface area (Å²) in [5.74, 6) is 0. The summed E-state index contributed by atoms with van der Waals surface area (Å²) < 4.78 is 0. The van der Waals surface area contributed by atoms with Crippen LogP contribution in [0.25, 0.3) is 0 Å². The Morgan fingerprint density at radius 2 is 1.78 bits per heavy atom. The molecule has 0 aromatic heterocycles. The van der Waals surface area contributed by atoms with Gasteiger partial charge in [0.25, 0.3) is 0 Å². The van der Waals surface area contributed by atoms with Crippen LogP contribution < -0.4 is 5.32 Å². The van der Waals surface area contributed by atoms with E-state index in [0.29, 0.717) is 6.04 Å². The normalized spacial score (nSPS) is 25.7. The van der Waals surface area contributed by atoms with E-state index in [1.54, 1.807) is 0 Å². The van der Waals surface area contributed by atoms with Gasteiger partial charge in [-0.05, 0) is 32.7 Å². The Balaban J connectivity index is 1.65. The zero-order valence-electron chi connectivity index (χ0n) is 12.3. The average molecular weight is 253 g/mol. The van der Waals surface area contributed by atoms with Gasteiger partial charge in [-0.3, -0.25) is 9.80 Å². The quantitative estimate of drug-likeness (QED) is 0.730. The van der Waals surface area contributed by atoms with Crippen molar-refractivity contribution in [3.05, 3.63) is 0 Å². The molecular formula is C15H31N3. The van der Waals surface area contributed by atoms with E-state index in [1.165, 1.54) is 58.3 Å². The molecule has 1 atom stereocenters. The Labute approximate surface area is 113 Å². The first-order chi connectivity index (χ1) is 8.81. The van der Waals surface area contributed by atoms with Gasteiger partial charge in [-0.25, -0.2) is 0 Å². The molecule has 1 aliphatic heterocycles. The summed E-state index contributed by atoms with van der Waals surface area (Å²) in [5.41, 5.74) is 0. The Hall–Kier alpha value is -0.120. The summed E-state index contributed by atoms with van der Waals surface area (Å²) in [5, 5.41) is 3.54. The third-order valence-corrected chi connectivity index (χ3v) is 4.68. The van der Waals surface area contributed by atoms with Crippen LogP contribution in [0.5, 0.6) is 0 Å². The zero-order chi connectivity index (χ0) is 12.8. The highest BCUT2D eigenvalue weighted by Gasteiger charge is 2.27. The summed E-state index contributed by atoms with van der Waals surface area (Å²) in [7, 11) is 0. The van der Waals surface area contributed by atoms with E-state index < -0.39 is 0 Å². The van der Waals surface area contributed by atoms with Crippen molar-refractivity contribution in [3.63, 3.8) is 0 Å². The second-order valence-corrected chi connectivity index (χ2v) is 6.06. The molecule has 1 saturated heterocycles. The lowest BCUT2D eigenvalue weighted by molar-refractivity contribution is 0.0750. The number of nitrogens with zero attached hydrogens (tertiary/aromatic N) is 2. The van der Waals surface area contributed by atoms with Gasteiger partial charge < -0.3 is 5.32 Å². The standard InChI is InChI=1S/C15H31N3/c1-3-8-16-13-14(2)17-9-11-18(12-10-17)15-6-4-5-7-15/h14-16H,3-13H2,1-2H3. The highest BCUT2D eigenvalue weighted by atomic mass is 15.3. The maximum absolute atomic E-state index is 3.54. The number of hydrogen-bond donors (Lipinski definition) is 1. The Morgan fingerprint density at radius 1 is 1.11 bits per heavy atom. The van der Waals surface area contributed by atoms with Crippen LogP contribution in [0.3, 0.4) is 0 Å². The minimum atomic E-state index is 0.697. The van der Waals surface area contributed by atoms with Crippen LogP contribution in [-0.4, -0.2) is 61.2 Å². The smallest absolute Gasteiger partial charge is 0.0193 e. The van der Waals surface area contributed by atoms with Gasteiger partial charge in [0, 0.05) is 44.8 Å². The van der Waals surface area contributed by atoms with Crippen LogP contribution >= 0.6 is 0 Å². The number of hydrogen-bond acceptors (Lipinski definition) is 3. The van der Waals surface area contributed by atoms with Gasteiger partial charge in [-0.2, -0.15) is 0 Å². The minimum absolute atomic E-state index is 0.697. The van der Waals surface area contributed by atoms with Crippen molar-refractivity contribution in [2.75, 3.05) is 39.3 Å². The van der Waals surface area contributed by atoms with Gasteiger partial charge in [0.15, 0.2) is 0 Å². The molecule has 0 bridgehead atoms. The number of nitrogens with one attached hydrogen (secondary N) is 1. The third-order valence-electron chi connectivity index (χ3n) is 4.68. The van der Waals surface area contributed by atoms with Crippen LogP contribution in [0.15, 0.2) is 0 Å². The summed E-state index contributed by atoms with van der Waals surface area (Å²) >= 11 is 0. The summed E-state index contributed by atoms with van der Waals surface area (Å²) in [6.07, 6.45) is 7.06.